The zero-order chi connectivity index (χ0) is 40.6. The lowest BCUT2D eigenvalue weighted by Gasteiger charge is -2.25. The van der Waals surface area contributed by atoms with E-state index in [1.807, 2.05) is 66.7 Å². The predicted octanol–water partition coefficient (Wildman–Crippen LogP) is 16.6. The van der Waals surface area contributed by atoms with Gasteiger partial charge < -0.3 is 4.57 Å². The quantitative estimate of drug-likeness (QED) is 0.159. The maximum absolute atomic E-state index is 12.0. The minimum atomic E-state index is 0.504. The Morgan fingerprint density at radius 3 is 1.39 bits per heavy atom. The highest BCUT2D eigenvalue weighted by atomic mass is 32.1. The number of nitrogens with zero attached hydrogens (tertiary/aromatic N) is 3. The van der Waals surface area contributed by atoms with E-state index in [-0.39, 0.29) is 0 Å². The third kappa shape index (κ3) is 5.19. The summed E-state index contributed by atoms with van der Waals surface area (Å²) in [6.07, 6.45) is 0. The van der Waals surface area contributed by atoms with Crippen molar-refractivity contribution in [1.82, 2.24) is 4.57 Å². The summed E-state index contributed by atoms with van der Waals surface area (Å²) < 4.78 is 7.09. The Balaban J connectivity index is 1.38. The van der Waals surface area contributed by atoms with Crippen LogP contribution in [0.15, 0.2) is 188 Å². The topological polar surface area (TPSA) is 33.1 Å². The van der Waals surface area contributed by atoms with Gasteiger partial charge in [-0.25, -0.2) is 4.85 Å². The van der Waals surface area contributed by atoms with E-state index in [9.17, 15) is 11.8 Å². The molecule has 0 saturated heterocycles. The van der Waals surface area contributed by atoms with Gasteiger partial charge in [0, 0.05) is 47.3 Å². The molecule has 0 unspecified atom stereocenters. The molecule has 0 N–H and O–H groups in total. The van der Waals surface area contributed by atoms with Crippen LogP contribution in [0.25, 0.3) is 117 Å². The van der Waals surface area contributed by atoms with Crippen molar-refractivity contribution in [3.63, 3.8) is 0 Å². The summed E-state index contributed by atoms with van der Waals surface area (Å²) in [7, 11) is 0. The molecule has 0 aliphatic heterocycles. The van der Waals surface area contributed by atoms with Gasteiger partial charge in [-0.1, -0.05) is 176 Å². The molecule has 12 rings (SSSR count). The number of fused-ring (bicyclic) bond motifs is 11. The molecule has 0 fully saturated rings. The lowest BCUT2D eigenvalue weighted by molar-refractivity contribution is 1.19. The van der Waals surface area contributed by atoms with Gasteiger partial charge >= 0.3 is 0 Å². The van der Waals surface area contributed by atoms with Crippen molar-refractivity contribution in [2.75, 3.05) is 0 Å². The zero-order valence-electron chi connectivity index (χ0n) is 32.6. The summed E-state index contributed by atoms with van der Waals surface area (Å²) in [6, 6.07) is 68.2. The number of hydrogen-bond donors (Lipinski definition) is 0. The maximum atomic E-state index is 12.0. The van der Waals surface area contributed by atoms with Crippen LogP contribution in [0.3, 0.4) is 0 Å². The normalized spacial score (nSPS) is 11.6. The molecule has 0 radical (unpaired) electrons. The number of rotatable bonds is 5. The van der Waals surface area contributed by atoms with E-state index in [2.05, 4.69) is 137 Å². The lowest BCUT2D eigenvalue weighted by Crippen LogP contribution is -2.06. The van der Waals surface area contributed by atoms with Gasteiger partial charge in [-0.3, -0.25) is 0 Å². The third-order valence-corrected chi connectivity index (χ3v) is 14.5. The van der Waals surface area contributed by atoms with Crippen LogP contribution >= 0.6 is 22.7 Å². The smallest absolute Gasteiger partial charge is 0.205 e. The molecular formula is C56H31N3S2. The number of nitriles is 1. The molecule has 5 heteroatoms. The van der Waals surface area contributed by atoms with E-state index < -0.39 is 0 Å². The molecule has 61 heavy (non-hydrogen) atoms. The highest BCUT2D eigenvalue weighted by Crippen LogP contribution is 2.55. The summed E-state index contributed by atoms with van der Waals surface area (Å²) in [6.45, 7) is 9.28. The number of hydrogen-bond acceptors (Lipinski definition) is 3. The second-order valence-corrected chi connectivity index (χ2v) is 17.4. The van der Waals surface area contributed by atoms with E-state index in [4.69, 9.17) is 0 Å². The monoisotopic (exact) mass is 809 g/mol. The summed E-state index contributed by atoms with van der Waals surface area (Å²) in [5.41, 5.74) is 10.7. The van der Waals surface area contributed by atoms with Crippen molar-refractivity contribution in [2.24, 2.45) is 0 Å². The van der Waals surface area contributed by atoms with Gasteiger partial charge in [0.05, 0.1) is 38.3 Å². The summed E-state index contributed by atoms with van der Waals surface area (Å²) >= 11 is 3.58. The second kappa shape index (κ2) is 13.9. The van der Waals surface area contributed by atoms with Crippen LogP contribution in [0, 0.1) is 17.9 Å². The van der Waals surface area contributed by atoms with Gasteiger partial charge in [0.25, 0.3) is 0 Å². The molecule has 3 heterocycles. The lowest BCUT2D eigenvalue weighted by atomic mass is 9.81. The van der Waals surface area contributed by atoms with Crippen LogP contribution < -0.4 is 0 Å². The Hall–Kier alpha value is -7.80. The number of benzene rings is 9. The molecule has 9 aromatic carbocycles. The second-order valence-electron chi connectivity index (χ2n) is 15.3. The molecule has 0 aliphatic carbocycles. The van der Waals surface area contributed by atoms with Crippen LogP contribution in [-0.2, 0) is 0 Å². The first kappa shape index (κ1) is 35.2. The van der Waals surface area contributed by atoms with Crippen LogP contribution in [-0.4, -0.2) is 4.57 Å². The highest BCUT2D eigenvalue weighted by Gasteiger charge is 2.32. The van der Waals surface area contributed by atoms with Gasteiger partial charge in [-0.15, -0.1) is 22.7 Å². The molecule has 3 nitrogen and oxygen atoms in total. The van der Waals surface area contributed by atoms with Crippen molar-refractivity contribution in [3.8, 4) is 56.3 Å². The predicted molar refractivity (Wildman–Crippen MR) is 259 cm³/mol. The average molecular weight is 810 g/mol. The Bertz CT molecular complexity index is 3700. The van der Waals surface area contributed by atoms with Crippen LogP contribution in [0.5, 0.6) is 0 Å². The molecule has 12 aromatic rings. The van der Waals surface area contributed by atoms with E-state index in [1.54, 1.807) is 22.7 Å². The zero-order valence-corrected chi connectivity index (χ0v) is 34.2. The molecule has 282 valence electrons. The van der Waals surface area contributed by atoms with E-state index in [1.165, 1.54) is 30.9 Å². The maximum Gasteiger partial charge on any atom is 0.205 e. The fraction of sp³-hybridized carbons (Fsp3) is 0. The number of thiophene rings is 2. The van der Waals surface area contributed by atoms with Crippen LogP contribution in [0.1, 0.15) is 5.56 Å². The van der Waals surface area contributed by atoms with Crippen molar-refractivity contribution >= 4 is 90.5 Å². The Morgan fingerprint density at radius 1 is 0.426 bits per heavy atom. The molecule has 0 aliphatic rings. The molecule has 0 amide bonds. The van der Waals surface area contributed by atoms with Crippen LogP contribution in [0.4, 0.5) is 5.69 Å². The summed E-state index contributed by atoms with van der Waals surface area (Å²) in [5.74, 6) is 0. The minimum Gasteiger partial charge on any atom is -0.306 e. The van der Waals surface area contributed by atoms with E-state index in [0.29, 0.717) is 11.3 Å². The van der Waals surface area contributed by atoms with Crippen molar-refractivity contribution in [1.29, 1.82) is 5.26 Å². The molecule has 3 aromatic heterocycles. The van der Waals surface area contributed by atoms with Crippen molar-refractivity contribution in [2.45, 2.75) is 0 Å². The Kier molecular flexibility index (Phi) is 8.02. The molecule has 0 spiro atoms. The number of aromatic nitrogens is 1. The van der Waals surface area contributed by atoms with Gasteiger partial charge in [-0.2, -0.15) is 5.26 Å². The SMILES string of the molecule is [C-]#[N+]c1c(-c2ccccc2-c2ccccc2)c(-c2ccccc2)c(C#N)c(-n2c3c(ccc4c5ccccc5sc43)c3ccc4c5ccccc5sc4c32)c1-c1ccccc1. The molecule has 0 saturated carbocycles. The standard InChI is InChI=1S/C56H31N3S2/c1-58-51-49(36-21-9-4-10-22-36)52(45(33-57)48(35-19-7-3-8-20-35)50(51)40-26-12-11-23-37(40)34-17-5-2-6-18-34)59-53-41(29-31-43-38-24-13-15-27-46(38)60-55(43)53)42-30-32-44-39-25-14-16-28-47(39)61-56(44)54(42)59/h2-32H. The van der Waals surface area contributed by atoms with E-state index in [0.717, 1.165) is 81.4 Å². The minimum absolute atomic E-state index is 0.504. The van der Waals surface area contributed by atoms with Crippen molar-refractivity contribution < 1.29 is 0 Å². The van der Waals surface area contributed by atoms with Crippen LogP contribution in [0.2, 0.25) is 0 Å². The third-order valence-electron chi connectivity index (χ3n) is 12.1. The molecular weight excluding hydrogens is 779 g/mol. The highest BCUT2D eigenvalue weighted by molar-refractivity contribution is 7.27. The fourth-order valence-corrected chi connectivity index (χ4v) is 12.0. The van der Waals surface area contributed by atoms with Crippen molar-refractivity contribution in [3.05, 3.63) is 205 Å². The fourth-order valence-electron chi connectivity index (χ4n) is 9.54. The first-order chi connectivity index (χ1) is 30.2. The van der Waals surface area contributed by atoms with Gasteiger partial charge in [0.2, 0.25) is 5.69 Å². The first-order valence-corrected chi connectivity index (χ1v) is 21.8. The largest absolute Gasteiger partial charge is 0.306 e. The van der Waals surface area contributed by atoms with E-state index >= 15 is 0 Å². The van der Waals surface area contributed by atoms with Gasteiger partial charge in [0.1, 0.15) is 6.07 Å². The summed E-state index contributed by atoms with van der Waals surface area (Å²) in [5, 5.41) is 19.0. The molecule has 0 bridgehead atoms. The van der Waals surface area contributed by atoms with Gasteiger partial charge in [0.15, 0.2) is 0 Å². The van der Waals surface area contributed by atoms with Gasteiger partial charge in [-0.05, 0) is 51.1 Å². The molecule has 0 atom stereocenters. The Morgan fingerprint density at radius 2 is 0.869 bits per heavy atom. The summed E-state index contributed by atoms with van der Waals surface area (Å²) in [4.78, 5) is 4.58. The average Bonchev–Trinajstić information content (AvgIpc) is 4.01. The first-order valence-electron chi connectivity index (χ1n) is 20.2. The Labute approximate surface area is 359 Å².